The summed E-state index contributed by atoms with van der Waals surface area (Å²) in [6, 6.07) is 8.64. The normalized spacial score (nSPS) is 18.4. The summed E-state index contributed by atoms with van der Waals surface area (Å²) in [4.78, 5) is 6.81. The van der Waals surface area contributed by atoms with Gasteiger partial charge in [0.25, 0.3) is 0 Å². The average molecular weight is 546 g/mol. The molecule has 3 rings (SSSR count). The Kier molecular flexibility index (Phi) is 13.4. The van der Waals surface area contributed by atoms with Crippen LogP contribution in [0.4, 0.5) is 0 Å². The quantitative estimate of drug-likeness (QED) is 0.204. The molecule has 1 aromatic rings. The minimum atomic E-state index is 0. The number of guanidine groups is 1. The van der Waals surface area contributed by atoms with E-state index in [9.17, 15) is 0 Å². The van der Waals surface area contributed by atoms with Crippen LogP contribution in [0.1, 0.15) is 30.4 Å². The summed E-state index contributed by atoms with van der Waals surface area (Å²) in [7, 11) is 1.82. The van der Waals surface area contributed by atoms with Gasteiger partial charge in [0, 0.05) is 66.2 Å². The highest BCUT2D eigenvalue weighted by molar-refractivity contribution is 14.0. The van der Waals surface area contributed by atoms with Gasteiger partial charge in [-0.15, -0.1) is 24.0 Å². The minimum Gasteiger partial charge on any atom is -0.381 e. The summed E-state index contributed by atoms with van der Waals surface area (Å²) in [6.07, 6.45) is 3.22. The lowest BCUT2D eigenvalue weighted by Gasteiger charge is -2.27. The zero-order valence-corrected chi connectivity index (χ0v) is 21.1. The van der Waals surface area contributed by atoms with Gasteiger partial charge >= 0.3 is 0 Å². The first kappa shape index (κ1) is 26.3. The lowest BCUT2D eigenvalue weighted by molar-refractivity contribution is 0.0203. The van der Waals surface area contributed by atoms with Gasteiger partial charge in [0.1, 0.15) is 0 Å². The van der Waals surface area contributed by atoms with Crippen LogP contribution in [0.3, 0.4) is 0 Å². The van der Waals surface area contributed by atoms with Gasteiger partial charge in [-0.1, -0.05) is 24.3 Å². The fourth-order valence-corrected chi connectivity index (χ4v) is 3.83. The fourth-order valence-electron chi connectivity index (χ4n) is 3.83. The van der Waals surface area contributed by atoms with Gasteiger partial charge in [-0.2, -0.15) is 0 Å². The number of nitrogens with zero attached hydrogens (tertiary/aromatic N) is 2. The highest BCUT2D eigenvalue weighted by Crippen LogP contribution is 2.15. The number of aliphatic imine (C=N–C) groups is 1. The van der Waals surface area contributed by atoms with Crippen molar-refractivity contribution in [3.05, 3.63) is 35.4 Å². The molecule has 2 fully saturated rings. The number of ether oxygens (including phenoxy) is 3. The maximum atomic E-state index is 5.84. The summed E-state index contributed by atoms with van der Waals surface area (Å²) >= 11 is 0. The third-order valence-electron chi connectivity index (χ3n) is 5.74. The molecule has 1 aromatic carbocycles. The van der Waals surface area contributed by atoms with E-state index < -0.39 is 0 Å². The Hall–Kier alpha value is -0.940. The number of morpholine rings is 1. The van der Waals surface area contributed by atoms with E-state index in [4.69, 9.17) is 14.2 Å². The molecule has 2 heterocycles. The van der Waals surface area contributed by atoms with Crippen LogP contribution in [0, 0.1) is 5.92 Å². The first-order valence-corrected chi connectivity index (χ1v) is 11.3. The van der Waals surface area contributed by atoms with Crippen LogP contribution in [0.25, 0.3) is 0 Å². The van der Waals surface area contributed by atoms with Crippen LogP contribution in [0.5, 0.6) is 0 Å². The molecule has 2 aliphatic heterocycles. The fraction of sp³-hybridized carbons (Fsp3) is 0.696. The molecule has 0 amide bonds. The zero-order chi connectivity index (χ0) is 20.9. The summed E-state index contributed by atoms with van der Waals surface area (Å²) in [6.45, 7) is 9.65. The largest absolute Gasteiger partial charge is 0.381 e. The molecular formula is C23H39IN4O3. The Morgan fingerprint density at radius 1 is 1.06 bits per heavy atom. The van der Waals surface area contributed by atoms with Gasteiger partial charge in [0.15, 0.2) is 5.96 Å². The second-order valence-electron chi connectivity index (χ2n) is 7.99. The average Bonchev–Trinajstić information content (AvgIpc) is 2.80. The molecule has 0 aromatic heterocycles. The molecule has 0 bridgehead atoms. The predicted molar refractivity (Wildman–Crippen MR) is 135 cm³/mol. The van der Waals surface area contributed by atoms with E-state index in [1.165, 1.54) is 11.1 Å². The number of hydrogen-bond donors (Lipinski definition) is 2. The van der Waals surface area contributed by atoms with Crippen molar-refractivity contribution in [3.63, 3.8) is 0 Å². The summed E-state index contributed by atoms with van der Waals surface area (Å²) in [5.41, 5.74) is 2.68. The number of rotatable bonds is 10. The molecule has 2 saturated heterocycles. The van der Waals surface area contributed by atoms with Gasteiger partial charge in [0.05, 0.1) is 13.2 Å². The van der Waals surface area contributed by atoms with Crippen molar-refractivity contribution in [2.45, 2.75) is 32.4 Å². The molecule has 2 N–H and O–H groups in total. The number of benzene rings is 1. The van der Waals surface area contributed by atoms with E-state index in [-0.39, 0.29) is 24.0 Å². The summed E-state index contributed by atoms with van der Waals surface area (Å²) in [5, 5.41) is 6.84. The molecule has 0 radical (unpaired) electrons. The van der Waals surface area contributed by atoms with E-state index in [0.29, 0.717) is 5.92 Å². The molecule has 31 heavy (non-hydrogen) atoms. The first-order chi connectivity index (χ1) is 14.8. The van der Waals surface area contributed by atoms with E-state index in [0.717, 1.165) is 97.6 Å². The second-order valence-corrected chi connectivity index (χ2v) is 7.99. The standard InChI is InChI=1S/C23H38N4O3.HI/c1-24-23(25-9-4-12-30-19-20-7-13-28-14-8-20)26-17-21-5-2-3-6-22(21)18-27-10-15-29-16-11-27;/h2-3,5-6,20H,4,7-19H2,1H3,(H2,24,25,26);1H. The minimum absolute atomic E-state index is 0. The van der Waals surface area contributed by atoms with E-state index in [2.05, 4.69) is 44.8 Å². The van der Waals surface area contributed by atoms with Crippen LogP contribution in [0.15, 0.2) is 29.3 Å². The lowest BCUT2D eigenvalue weighted by Crippen LogP contribution is -2.38. The number of nitrogens with one attached hydrogen (secondary N) is 2. The van der Waals surface area contributed by atoms with Crippen molar-refractivity contribution in [2.75, 3.05) is 66.3 Å². The molecule has 0 saturated carbocycles. The molecule has 0 aliphatic carbocycles. The maximum absolute atomic E-state index is 5.84. The lowest BCUT2D eigenvalue weighted by atomic mass is 10.0. The number of hydrogen-bond acceptors (Lipinski definition) is 5. The first-order valence-electron chi connectivity index (χ1n) is 11.3. The van der Waals surface area contributed by atoms with Gasteiger partial charge in [-0.3, -0.25) is 9.89 Å². The van der Waals surface area contributed by atoms with Crippen LogP contribution in [-0.2, 0) is 27.3 Å². The zero-order valence-electron chi connectivity index (χ0n) is 18.8. The van der Waals surface area contributed by atoms with Crippen LogP contribution < -0.4 is 10.6 Å². The van der Waals surface area contributed by atoms with Gasteiger partial charge < -0.3 is 24.8 Å². The Labute approximate surface area is 204 Å². The third-order valence-corrected chi connectivity index (χ3v) is 5.74. The molecule has 7 nitrogen and oxygen atoms in total. The van der Waals surface area contributed by atoms with Crippen molar-refractivity contribution in [1.82, 2.24) is 15.5 Å². The van der Waals surface area contributed by atoms with E-state index in [1.807, 2.05) is 7.05 Å². The maximum Gasteiger partial charge on any atom is 0.191 e. The summed E-state index contributed by atoms with van der Waals surface area (Å²) in [5.74, 6) is 1.50. The smallest absolute Gasteiger partial charge is 0.191 e. The molecule has 2 aliphatic rings. The van der Waals surface area contributed by atoms with Crippen molar-refractivity contribution in [3.8, 4) is 0 Å². The van der Waals surface area contributed by atoms with Crippen molar-refractivity contribution >= 4 is 29.9 Å². The highest BCUT2D eigenvalue weighted by atomic mass is 127. The second kappa shape index (κ2) is 15.8. The molecule has 0 spiro atoms. The van der Waals surface area contributed by atoms with Crippen LogP contribution in [0.2, 0.25) is 0 Å². The van der Waals surface area contributed by atoms with Gasteiger partial charge in [0.2, 0.25) is 0 Å². The van der Waals surface area contributed by atoms with Crippen molar-refractivity contribution in [2.24, 2.45) is 10.9 Å². The Bertz CT molecular complexity index is 635. The Morgan fingerprint density at radius 3 is 2.52 bits per heavy atom. The molecule has 8 heteroatoms. The Morgan fingerprint density at radius 2 is 1.77 bits per heavy atom. The van der Waals surface area contributed by atoms with Gasteiger partial charge in [-0.05, 0) is 36.3 Å². The molecular weight excluding hydrogens is 507 g/mol. The SMILES string of the molecule is CN=C(NCCCOCC1CCOCC1)NCc1ccccc1CN1CCOCC1.I. The molecule has 0 atom stereocenters. The van der Waals surface area contributed by atoms with E-state index in [1.54, 1.807) is 0 Å². The number of halogens is 1. The van der Waals surface area contributed by atoms with Crippen LogP contribution >= 0.6 is 24.0 Å². The van der Waals surface area contributed by atoms with E-state index >= 15 is 0 Å². The highest BCUT2D eigenvalue weighted by Gasteiger charge is 2.14. The predicted octanol–water partition coefficient (Wildman–Crippen LogP) is 2.64. The monoisotopic (exact) mass is 546 g/mol. The topological polar surface area (TPSA) is 67.4 Å². The summed E-state index contributed by atoms with van der Waals surface area (Å²) < 4.78 is 16.7. The third kappa shape index (κ3) is 10.0. The molecule has 0 unspecified atom stereocenters. The molecule has 176 valence electrons. The van der Waals surface area contributed by atoms with Crippen LogP contribution in [-0.4, -0.2) is 77.2 Å². The van der Waals surface area contributed by atoms with Crippen molar-refractivity contribution < 1.29 is 14.2 Å². The van der Waals surface area contributed by atoms with Gasteiger partial charge in [-0.25, -0.2) is 0 Å². The van der Waals surface area contributed by atoms with Crippen molar-refractivity contribution in [1.29, 1.82) is 0 Å². The Balaban J connectivity index is 0.00000341.